The third-order valence-electron chi connectivity index (χ3n) is 2.98. The Hall–Kier alpha value is -2.69. The second kappa shape index (κ2) is 7.86. The van der Waals surface area contributed by atoms with Gasteiger partial charge in [-0.1, -0.05) is 0 Å². The summed E-state index contributed by atoms with van der Waals surface area (Å²) < 4.78 is 98.8. The third-order valence-corrected chi connectivity index (χ3v) is 3.55. The van der Waals surface area contributed by atoms with Crippen LogP contribution < -0.4 is 9.52 Å². The smallest absolute Gasteiger partial charge is 0.485 e. The van der Waals surface area contributed by atoms with Crippen LogP contribution in [0.3, 0.4) is 0 Å². The van der Waals surface area contributed by atoms with Gasteiger partial charge in [-0.3, -0.25) is 10.1 Å². The molecule has 0 bridgehead atoms. The molecule has 1 aromatic carbocycles. The summed E-state index contributed by atoms with van der Waals surface area (Å²) in [4.78, 5) is 16.5. The van der Waals surface area contributed by atoms with Crippen molar-refractivity contribution in [1.29, 1.82) is 0 Å². The van der Waals surface area contributed by atoms with E-state index in [0.717, 1.165) is 15.6 Å². The van der Waals surface area contributed by atoms with Gasteiger partial charge >= 0.3 is 17.4 Å². The number of aryl methyl sites for hydroxylation is 1. The zero-order valence-corrected chi connectivity index (χ0v) is 16.4. The van der Waals surface area contributed by atoms with E-state index in [-0.39, 0.29) is 11.0 Å². The van der Waals surface area contributed by atoms with E-state index in [9.17, 15) is 36.5 Å². The molecule has 170 valence electrons. The molecule has 0 saturated carbocycles. The van der Waals surface area contributed by atoms with Crippen LogP contribution in [0.25, 0.3) is 11.0 Å². The van der Waals surface area contributed by atoms with Crippen LogP contribution in [-0.2, 0) is 23.3 Å². The van der Waals surface area contributed by atoms with Gasteiger partial charge in [-0.2, -0.15) is 26.3 Å². The fourth-order valence-corrected chi connectivity index (χ4v) is 1.93. The highest BCUT2D eigenvalue weighted by molar-refractivity contribution is 7.86. The lowest BCUT2D eigenvalue weighted by Crippen LogP contribution is -2.37. The fourth-order valence-electron chi connectivity index (χ4n) is 1.93. The van der Waals surface area contributed by atoms with Crippen molar-refractivity contribution in [3.63, 3.8) is 0 Å². The van der Waals surface area contributed by atoms with E-state index in [0.29, 0.717) is 6.07 Å². The maximum atomic E-state index is 12.9. The molecule has 0 fully saturated rings. The summed E-state index contributed by atoms with van der Waals surface area (Å²) in [5, 5.41) is 15.0. The molecular weight excluding hydrogens is 454 g/mol. The molecule has 0 radical (unpaired) electrons. The van der Waals surface area contributed by atoms with E-state index >= 15 is 0 Å². The molecule has 17 heteroatoms. The lowest BCUT2D eigenvalue weighted by Gasteiger charge is -2.14. The predicted molar refractivity (Wildman–Crippen MR) is 84.7 cm³/mol. The van der Waals surface area contributed by atoms with Gasteiger partial charge in [-0.25, -0.2) is 8.42 Å². The second-order valence-corrected chi connectivity index (χ2v) is 7.98. The summed E-state index contributed by atoms with van der Waals surface area (Å²) in [7, 11) is -4.70. The van der Waals surface area contributed by atoms with Gasteiger partial charge in [0.05, 0.1) is 15.3 Å². The van der Waals surface area contributed by atoms with Gasteiger partial charge in [0.1, 0.15) is 12.3 Å². The molecule has 0 N–H and O–H groups in total. The van der Waals surface area contributed by atoms with Crippen LogP contribution in [-0.4, -0.2) is 39.1 Å². The molecule has 2 aromatic rings. The Labute approximate surface area is 164 Å². The molecule has 0 spiro atoms. The minimum absolute atomic E-state index is 0.0535. The molecule has 30 heavy (non-hydrogen) atoms. The molecule has 10 nitrogen and oxygen atoms in total. The number of nitro groups is 1. The van der Waals surface area contributed by atoms with E-state index in [2.05, 4.69) is 5.21 Å². The summed E-state index contributed by atoms with van der Waals surface area (Å²) >= 11 is 0. The van der Waals surface area contributed by atoms with Crippen LogP contribution in [0.4, 0.5) is 32.0 Å². The van der Waals surface area contributed by atoms with Crippen LogP contribution in [0.15, 0.2) is 12.1 Å². The molecule has 0 amide bonds. The molecule has 0 saturated heterocycles. The van der Waals surface area contributed by atoms with Gasteiger partial charge in [0, 0.05) is 12.1 Å². The number of alkyl halides is 6. The van der Waals surface area contributed by atoms with Gasteiger partial charge in [0.25, 0.3) is 11.0 Å². The highest BCUT2D eigenvalue weighted by Crippen LogP contribution is 2.35. The highest BCUT2D eigenvalue weighted by Gasteiger charge is 2.38. The monoisotopic (exact) mass is 468 g/mol. The quantitative estimate of drug-likeness (QED) is 0.165. The van der Waals surface area contributed by atoms with Crippen molar-refractivity contribution in [3.05, 3.63) is 27.8 Å². The van der Waals surface area contributed by atoms with E-state index < -0.39 is 43.6 Å². The zero-order valence-electron chi connectivity index (χ0n) is 15.6. The first-order valence-electron chi connectivity index (χ1n) is 7.51. The number of halogens is 6. The molecule has 0 unspecified atom stereocenters. The number of nitrogens with zero attached hydrogens (tertiary/aromatic N) is 4. The normalized spacial score (nSPS) is 13.0. The second-order valence-electron chi connectivity index (χ2n) is 6.61. The number of nitro benzene ring substituents is 1. The number of benzene rings is 1. The van der Waals surface area contributed by atoms with Crippen LogP contribution >= 0.6 is 0 Å². The van der Waals surface area contributed by atoms with E-state index in [1.807, 2.05) is 0 Å². The minimum Gasteiger partial charge on any atom is -0.741 e. The topological polar surface area (TPSA) is 131 Å². The van der Waals surface area contributed by atoms with Crippen molar-refractivity contribution >= 4 is 26.8 Å². The van der Waals surface area contributed by atoms with E-state index in [4.69, 9.17) is 17.8 Å². The fraction of sp³-hybridized carbons (Fsp3) is 0.538. The van der Waals surface area contributed by atoms with Crippen molar-refractivity contribution in [2.24, 2.45) is 7.05 Å². The SMILES string of the molecule is C[n+]1nn(OC(C)(C)C)c2cc(C(F)(F)F)cc([N+](=O)[O-])c21.O=S(=O)([O-])C(F)(F)F. The lowest BCUT2D eigenvalue weighted by atomic mass is 10.1. The first-order chi connectivity index (χ1) is 13.1. The standard InChI is InChI=1S/C12H14F3N4O3.CHF3O3S/c1-11(2,3)22-18-8-5-7(12(13,14)15)6-9(19(20)21)10(8)17(4)16-18;2-1(3,4)8(5,6)7/h5-6H,1-4H3;(H,5,6,7)/q+1;/p-1. The van der Waals surface area contributed by atoms with Crippen LogP contribution in [0.5, 0.6) is 0 Å². The number of aromatic nitrogens is 3. The Kier molecular flexibility index (Phi) is 6.64. The summed E-state index contributed by atoms with van der Waals surface area (Å²) in [6, 6.07) is 1.27. The van der Waals surface area contributed by atoms with Gasteiger partial charge in [0.2, 0.25) is 0 Å². The first kappa shape index (κ1) is 25.3. The van der Waals surface area contributed by atoms with Gasteiger partial charge in [-0.05, 0) is 20.8 Å². The largest absolute Gasteiger partial charge is 0.741 e. The Bertz CT molecular complexity index is 1060. The van der Waals surface area contributed by atoms with Crippen LogP contribution in [0.2, 0.25) is 0 Å². The number of hydrogen-bond donors (Lipinski definition) is 0. The maximum Gasteiger partial charge on any atom is 0.485 e. The molecule has 2 rings (SSSR count). The summed E-state index contributed by atoms with van der Waals surface area (Å²) in [6.07, 6.45) is -4.71. The van der Waals surface area contributed by atoms with Crippen molar-refractivity contribution in [2.75, 3.05) is 0 Å². The maximum absolute atomic E-state index is 12.9. The Morgan fingerprint density at radius 3 is 1.93 bits per heavy atom. The van der Waals surface area contributed by atoms with E-state index in [1.54, 1.807) is 20.8 Å². The van der Waals surface area contributed by atoms with Gasteiger partial charge in [0.15, 0.2) is 15.7 Å². The molecule has 0 atom stereocenters. The van der Waals surface area contributed by atoms with Crippen LogP contribution in [0, 0.1) is 10.1 Å². The van der Waals surface area contributed by atoms with Crippen molar-refractivity contribution in [1.82, 2.24) is 10.1 Å². The Balaban J connectivity index is 0.000000479. The minimum atomic E-state index is -6.09. The molecule has 0 aliphatic rings. The molecule has 0 aliphatic carbocycles. The number of non-ortho nitro benzene ring substituents is 1. The van der Waals surface area contributed by atoms with Crippen molar-refractivity contribution < 1.29 is 53.8 Å². The summed E-state index contributed by atoms with van der Waals surface area (Å²) in [5.74, 6) is 0. The van der Waals surface area contributed by atoms with Crippen molar-refractivity contribution in [2.45, 2.75) is 38.1 Å². The predicted octanol–water partition coefficient (Wildman–Crippen LogP) is 2.07. The number of hydrogen-bond acceptors (Lipinski definition) is 7. The van der Waals surface area contributed by atoms with Gasteiger partial charge in [-0.15, -0.1) is 4.68 Å². The van der Waals surface area contributed by atoms with Gasteiger partial charge < -0.3 is 9.39 Å². The summed E-state index contributed by atoms with van der Waals surface area (Å²) in [6.45, 7) is 5.05. The van der Waals surface area contributed by atoms with Crippen molar-refractivity contribution in [3.8, 4) is 0 Å². The lowest BCUT2D eigenvalue weighted by molar-refractivity contribution is -0.713. The Morgan fingerprint density at radius 2 is 1.60 bits per heavy atom. The van der Waals surface area contributed by atoms with Crippen LogP contribution in [0.1, 0.15) is 26.3 Å². The first-order valence-corrected chi connectivity index (χ1v) is 8.92. The third kappa shape index (κ3) is 6.15. The summed E-state index contributed by atoms with van der Waals surface area (Å²) in [5.41, 5.74) is -8.38. The zero-order chi connectivity index (χ0) is 23.9. The average Bonchev–Trinajstić information content (AvgIpc) is 2.78. The molecule has 1 heterocycles. The highest BCUT2D eigenvalue weighted by atomic mass is 32.2. The van der Waals surface area contributed by atoms with E-state index in [1.165, 1.54) is 7.05 Å². The molecule has 1 aromatic heterocycles. The number of rotatable bonds is 2. The number of fused-ring (bicyclic) bond motifs is 1. The molecular formula is C13H14F6N4O6S. The molecule has 0 aliphatic heterocycles. The average molecular weight is 468 g/mol. The Morgan fingerprint density at radius 1 is 1.13 bits per heavy atom.